The minimum Gasteiger partial charge on any atom is -0.462 e. The van der Waals surface area contributed by atoms with Crippen LogP contribution in [0.25, 0.3) is 0 Å². The Bertz CT molecular complexity index is 1460. The Morgan fingerprint density at radius 2 is 0.698 bits per heavy atom. The molecule has 350 valence electrons. The zero-order valence-electron chi connectivity index (χ0n) is 39.8. The lowest BCUT2D eigenvalue weighted by Crippen LogP contribution is -2.30. The van der Waals surface area contributed by atoms with E-state index in [4.69, 9.17) is 14.2 Å². The lowest BCUT2D eigenvalue weighted by Gasteiger charge is -2.18. The minimum absolute atomic E-state index is 0.129. The maximum absolute atomic E-state index is 12.8. The van der Waals surface area contributed by atoms with Gasteiger partial charge in [0, 0.05) is 19.3 Å². The zero-order valence-corrected chi connectivity index (χ0v) is 39.8. The van der Waals surface area contributed by atoms with Gasteiger partial charge in [-0.05, 0) is 83.5 Å². The van der Waals surface area contributed by atoms with Gasteiger partial charge in [0.2, 0.25) is 0 Å². The summed E-state index contributed by atoms with van der Waals surface area (Å²) in [5.41, 5.74) is 0. The number of carbonyl (C=O) groups is 3. The fourth-order valence-corrected chi connectivity index (χ4v) is 5.93. The van der Waals surface area contributed by atoms with Crippen LogP contribution in [-0.2, 0) is 28.6 Å². The van der Waals surface area contributed by atoms with Crippen LogP contribution >= 0.6 is 0 Å². The first-order chi connectivity index (χ1) is 31.0. The number of esters is 3. The number of rotatable bonds is 41. The van der Waals surface area contributed by atoms with Gasteiger partial charge in [0.05, 0.1) is 0 Å². The standard InChI is InChI=1S/C57H86O6/c1-4-7-10-13-16-19-22-25-27-28-30-32-35-38-41-44-47-50-56(59)62-53-54(52-61-55(58)49-46-43-40-37-34-31-24-21-18-15-12-9-6-3)63-57(60)51-48-45-42-39-36-33-29-26-23-20-17-14-11-8-5-2/h8-9,11-12,14-21,23-27,29,31,33-34,36-37,40,54H,4-7,10,13,22,28,30,32,35,38-39,41-53H2,1-3H3/b11-8-,12-9-,17-14-,18-15-,19-16-,23-20-,24-21-,27-25-,29-26-,34-31-,36-33-,40-37-. The van der Waals surface area contributed by atoms with Crippen molar-refractivity contribution in [3.8, 4) is 0 Å². The highest BCUT2D eigenvalue weighted by atomic mass is 16.6. The summed E-state index contributed by atoms with van der Waals surface area (Å²) in [5.74, 6) is -1.07. The van der Waals surface area contributed by atoms with Crippen molar-refractivity contribution in [1.82, 2.24) is 0 Å². The van der Waals surface area contributed by atoms with Crippen molar-refractivity contribution < 1.29 is 28.6 Å². The van der Waals surface area contributed by atoms with Crippen molar-refractivity contribution in [2.75, 3.05) is 13.2 Å². The van der Waals surface area contributed by atoms with E-state index in [1.807, 2.05) is 103 Å². The normalized spacial score (nSPS) is 13.4. The number of hydrogen-bond donors (Lipinski definition) is 0. The van der Waals surface area contributed by atoms with Gasteiger partial charge in [-0.15, -0.1) is 0 Å². The molecule has 0 radical (unpaired) electrons. The van der Waals surface area contributed by atoms with Gasteiger partial charge in [0.25, 0.3) is 0 Å². The van der Waals surface area contributed by atoms with Gasteiger partial charge < -0.3 is 14.2 Å². The van der Waals surface area contributed by atoms with E-state index in [0.717, 1.165) is 70.6 Å². The van der Waals surface area contributed by atoms with E-state index in [2.05, 4.69) is 63.3 Å². The van der Waals surface area contributed by atoms with Gasteiger partial charge >= 0.3 is 17.9 Å². The third-order valence-electron chi connectivity index (χ3n) is 9.56. The summed E-state index contributed by atoms with van der Waals surface area (Å²) >= 11 is 0. The maximum Gasteiger partial charge on any atom is 0.306 e. The quantitative estimate of drug-likeness (QED) is 0.0200. The molecule has 0 aromatic rings. The summed E-state index contributed by atoms with van der Waals surface area (Å²) in [7, 11) is 0. The van der Waals surface area contributed by atoms with E-state index >= 15 is 0 Å². The molecular weight excluding hydrogens is 781 g/mol. The first-order valence-electron chi connectivity index (χ1n) is 24.5. The summed E-state index contributed by atoms with van der Waals surface area (Å²) in [6.45, 7) is 6.18. The smallest absolute Gasteiger partial charge is 0.306 e. The van der Waals surface area contributed by atoms with Crippen molar-refractivity contribution in [3.05, 3.63) is 146 Å². The zero-order chi connectivity index (χ0) is 45.8. The van der Waals surface area contributed by atoms with Crippen LogP contribution in [0.15, 0.2) is 146 Å². The van der Waals surface area contributed by atoms with Crippen molar-refractivity contribution in [2.24, 2.45) is 0 Å². The molecule has 0 bridgehead atoms. The average molecular weight is 867 g/mol. The lowest BCUT2D eigenvalue weighted by molar-refractivity contribution is -0.167. The van der Waals surface area contributed by atoms with Gasteiger partial charge in [0.1, 0.15) is 13.2 Å². The highest BCUT2D eigenvalue weighted by molar-refractivity contribution is 5.71. The molecule has 0 amide bonds. The fourth-order valence-electron chi connectivity index (χ4n) is 5.93. The third kappa shape index (κ3) is 48.2. The summed E-state index contributed by atoms with van der Waals surface area (Å²) < 4.78 is 16.6. The number of hydrogen-bond acceptors (Lipinski definition) is 6. The third-order valence-corrected chi connectivity index (χ3v) is 9.56. The van der Waals surface area contributed by atoms with E-state index in [1.54, 1.807) is 0 Å². The Kier molecular flexibility index (Phi) is 46.2. The Hall–Kier alpha value is -4.71. The number of ether oxygens (including phenoxy) is 3. The number of allylic oxidation sites excluding steroid dienone is 24. The summed E-state index contributed by atoms with van der Waals surface area (Å²) in [5, 5.41) is 0. The molecule has 0 saturated carbocycles. The van der Waals surface area contributed by atoms with Crippen LogP contribution < -0.4 is 0 Å². The van der Waals surface area contributed by atoms with Crippen molar-refractivity contribution in [3.63, 3.8) is 0 Å². The van der Waals surface area contributed by atoms with E-state index in [1.165, 1.54) is 51.4 Å². The summed E-state index contributed by atoms with van der Waals surface area (Å²) in [6, 6.07) is 0. The molecule has 0 aromatic carbocycles. The molecule has 0 fully saturated rings. The highest BCUT2D eigenvalue weighted by Gasteiger charge is 2.19. The van der Waals surface area contributed by atoms with Crippen molar-refractivity contribution >= 4 is 17.9 Å². The van der Waals surface area contributed by atoms with E-state index in [-0.39, 0.29) is 44.0 Å². The van der Waals surface area contributed by atoms with Crippen LogP contribution in [0.5, 0.6) is 0 Å². The number of unbranched alkanes of at least 4 members (excludes halogenated alkanes) is 14. The number of carbonyl (C=O) groups excluding carboxylic acids is 3. The minimum atomic E-state index is -0.838. The molecule has 1 atom stereocenters. The molecule has 6 nitrogen and oxygen atoms in total. The topological polar surface area (TPSA) is 78.9 Å². The Morgan fingerprint density at radius 3 is 1.17 bits per heavy atom. The lowest BCUT2D eigenvalue weighted by atomic mass is 10.1. The Balaban J connectivity index is 4.60. The van der Waals surface area contributed by atoms with Crippen LogP contribution in [0.4, 0.5) is 0 Å². The Labute approximate surface area is 385 Å². The maximum atomic E-state index is 12.8. The molecule has 6 heteroatoms. The monoisotopic (exact) mass is 867 g/mol. The molecule has 0 saturated heterocycles. The largest absolute Gasteiger partial charge is 0.462 e. The van der Waals surface area contributed by atoms with Gasteiger partial charge in [-0.2, -0.15) is 0 Å². The molecule has 0 N–H and O–H groups in total. The van der Waals surface area contributed by atoms with Crippen molar-refractivity contribution in [2.45, 2.75) is 181 Å². The van der Waals surface area contributed by atoms with Crippen LogP contribution in [0.1, 0.15) is 175 Å². The van der Waals surface area contributed by atoms with E-state index < -0.39 is 6.10 Å². The van der Waals surface area contributed by atoms with Gasteiger partial charge in [0.15, 0.2) is 6.10 Å². The van der Waals surface area contributed by atoms with Crippen LogP contribution in [0.3, 0.4) is 0 Å². The molecule has 63 heavy (non-hydrogen) atoms. The Morgan fingerprint density at radius 1 is 0.349 bits per heavy atom. The molecule has 0 heterocycles. The predicted octanol–water partition coefficient (Wildman–Crippen LogP) is 16.1. The van der Waals surface area contributed by atoms with Gasteiger partial charge in [-0.1, -0.05) is 218 Å². The van der Waals surface area contributed by atoms with Gasteiger partial charge in [-0.25, -0.2) is 0 Å². The first-order valence-corrected chi connectivity index (χ1v) is 24.5. The second-order valence-corrected chi connectivity index (χ2v) is 15.5. The first kappa shape index (κ1) is 58.3. The van der Waals surface area contributed by atoms with Gasteiger partial charge in [-0.3, -0.25) is 14.4 Å². The SMILES string of the molecule is CC\C=C/C=C\C=C/C=C\C=C/CCCCCC(=O)OC(COC(=O)CCC\C=C/C=C\C=C/C=C\C=C/CC)COC(=O)CCCCCCCCC/C=C\C/C=C\CCCCC. The average Bonchev–Trinajstić information content (AvgIpc) is 3.28. The second-order valence-electron chi connectivity index (χ2n) is 15.5. The fraction of sp³-hybridized carbons (Fsp3) is 0.526. The molecule has 0 aromatic heterocycles. The molecule has 0 rings (SSSR count). The van der Waals surface area contributed by atoms with Crippen LogP contribution in [0.2, 0.25) is 0 Å². The van der Waals surface area contributed by atoms with Crippen molar-refractivity contribution in [1.29, 1.82) is 0 Å². The molecule has 1 unspecified atom stereocenters. The molecule has 0 aliphatic heterocycles. The molecule has 0 aliphatic carbocycles. The molecule has 0 aliphatic rings. The van der Waals surface area contributed by atoms with E-state index in [0.29, 0.717) is 19.3 Å². The molecule has 0 spiro atoms. The highest BCUT2D eigenvalue weighted by Crippen LogP contribution is 2.12. The summed E-state index contributed by atoms with van der Waals surface area (Å²) in [4.78, 5) is 37.9. The summed E-state index contributed by atoms with van der Waals surface area (Å²) in [6.07, 6.45) is 71.2. The van der Waals surface area contributed by atoms with Crippen LogP contribution in [0, 0.1) is 0 Å². The predicted molar refractivity (Wildman–Crippen MR) is 269 cm³/mol. The second kappa shape index (κ2) is 49.9. The van der Waals surface area contributed by atoms with Crippen LogP contribution in [-0.4, -0.2) is 37.2 Å². The van der Waals surface area contributed by atoms with E-state index in [9.17, 15) is 14.4 Å². The molecular formula is C57H86O6.